The van der Waals surface area contributed by atoms with Crippen LogP contribution < -0.4 is 0 Å². The minimum Gasteiger partial charge on any atom is -0.462 e. The molecule has 2 nitrogen and oxygen atoms in total. The Bertz CT molecular complexity index is 366. The largest absolute Gasteiger partial charge is 0.462 e. The molecule has 0 spiro atoms. The van der Waals surface area contributed by atoms with Crippen molar-refractivity contribution < 1.29 is 18.3 Å². The zero-order chi connectivity index (χ0) is 10.7. The fourth-order valence-corrected chi connectivity index (χ4v) is 1.15. The van der Waals surface area contributed by atoms with Gasteiger partial charge in [-0.05, 0) is 19.1 Å². The van der Waals surface area contributed by atoms with Crippen LogP contribution in [0.5, 0.6) is 0 Å². The molecule has 0 radical (unpaired) electrons. The second-order valence-corrected chi connectivity index (χ2v) is 2.82. The van der Waals surface area contributed by atoms with E-state index in [0.717, 1.165) is 12.1 Å². The van der Waals surface area contributed by atoms with Gasteiger partial charge in [0.15, 0.2) is 0 Å². The van der Waals surface area contributed by atoms with E-state index < -0.39 is 28.2 Å². The SMILES string of the molecule is CCOC(=O)c1c(F)ccc(F)c1Cl. The van der Waals surface area contributed by atoms with Gasteiger partial charge in [0.1, 0.15) is 17.2 Å². The van der Waals surface area contributed by atoms with E-state index >= 15 is 0 Å². The summed E-state index contributed by atoms with van der Waals surface area (Å²) in [7, 11) is 0. The second-order valence-electron chi connectivity index (χ2n) is 2.44. The highest BCUT2D eigenvalue weighted by atomic mass is 35.5. The van der Waals surface area contributed by atoms with Gasteiger partial charge in [0.25, 0.3) is 0 Å². The Balaban J connectivity index is 3.18. The molecule has 1 rings (SSSR count). The molecule has 0 atom stereocenters. The summed E-state index contributed by atoms with van der Waals surface area (Å²) in [5.41, 5.74) is -0.562. The number of hydrogen-bond donors (Lipinski definition) is 0. The summed E-state index contributed by atoms with van der Waals surface area (Å²) in [5, 5.41) is -0.552. The molecule has 0 N–H and O–H groups in total. The van der Waals surface area contributed by atoms with Crippen LogP contribution in [0.15, 0.2) is 12.1 Å². The van der Waals surface area contributed by atoms with E-state index in [1.165, 1.54) is 0 Å². The van der Waals surface area contributed by atoms with Gasteiger partial charge in [0.05, 0.1) is 11.6 Å². The summed E-state index contributed by atoms with van der Waals surface area (Å²) >= 11 is 5.41. The first-order chi connectivity index (χ1) is 6.57. The van der Waals surface area contributed by atoms with Crippen molar-refractivity contribution in [2.24, 2.45) is 0 Å². The molecule has 0 bridgehead atoms. The normalized spacial score (nSPS) is 10.0. The van der Waals surface area contributed by atoms with Gasteiger partial charge in [0, 0.05) is 0 Å². The zero-order valence-corrected chi connectivity index (χ0v) is 8.07. The second kappa shape index (κ2) is 4.37. The van der Waals surface area contributed by atoms with Crippen LogP contribution in [0.1, 0.15) is 17.3 Å². The highest BCUT2D eigenvalue weighted by molar-refractivity contribution is 6.33. The van der Waals surface area contributed by atoms with E-state index in [2.05, 4.69) is 4.74 Å². The minimum atomic E-state index is -0.963. The Morgan fingerprint density at radius 2 is 2.00 bits per heavy atom. The number of carbonyl (C=O) groups is 1. The van der Waals surface area contributed by atoms with Gasteiger partial charge < -0.3 is 4.74 Å². The highest BCUT2D eigenvalue weighted by Crippen LogP contribution is 2.23. The average Bonchev–Trinajstić information content (AvgIpc) is 2.13. The Morgan fingerprint density at radius 3 is 2.57 bits per heavy atom. The molecule has 5 heteroatoms. The first-order valence-electron chi connectivity index (χ1n) is 3.88. The summed E-state index contributed by atoms with van der Waals surface area (Å²) in [6.45, 7) is 1.63. The third-order valence-electron chi connectivity index (χ3n) is 1.52. The highest BCUT2D eigenvalue weighted by Gasteiger charge is 2.19. The molecule has 76 valence electrons. The van der Waals surface area contributed by atoms with Gasteiger partial charge in [-0.3, -0.25) is 0 Å². The topological polar surface area (TPSA) is 26.3 Å². The van der Waals surface area contributed by atoms with Crippen molar-refractivity contribution in [3.63, 3.8) is 0 Å². The number of carbonyl (C=O) groups excluding carboxylic acids is 1. The van der Waals surface area contributed by atoms with Crippen molar-refractivity contribution in [1.82, 2.24) is 0 Å². The van der Waals surface area contributed by atoms with Crippen LogP contribution in [0, 0.1) is 11.6 Å². The van der Waals surface area contributed by atoms with Crippen LogP contribution in [0.3, 0.4) is 0 Å². The predicted octanol–water partition coefficient (Wildman–Crippen LogP) is 2.79. The third-order valence-corrected chi connectivity index (χ3v) is 1.89. The fraction of sp³-hybridized carbons (Fsp3) is 0.222. The molecule has 0 aliphatic rings. The van der Waals surface area contributed by atoms with Crippen molar-refractivity contribution in [1.29, 1.82) is 0 Å². The molecule has 0 fully saturated rings. The Kier molecular flexibility index (Phi) is 3.41. The molecule has 0 heterocycles. The quantitative estimate of drug-likeness (QED) is 0.566. The molecule has 0 saturated carbocycles. The summed E-state index contributed by atoms with van der Waals surface area (Å²) in [4.78, 5) is 11.1. The molecule has 1 aromatic rings. The number of ether oxygens (including phenoxy) is 1. The molecule has 0 aromatic heterocycles. The van der Waals surface area contributed by atoms with Gasteiger partial charge >= 0.3 is 5.97 Å². The smallest absolute Gasteiger partial charge is 0.342 e. The van der Waals surface area contributed by atoms with Crippen LogP contribution in [0.2, 0.25) is 5.02 Å². The van der Waals surface area contributed by atoms with Crippen LogP contribution in [0.4, 0.5) is 8.78 Å². The summed E-state index contributed by atoms with van der Waals surface area (Å²) in [6, 6.07) is 1.67. The van der Waals surface area contributed by atoms with Crippen molar-refractivity contribution in [2.45, 2.75) is 6.92 Å². The van der Waals surface area contributed by atoms with Crippen LogP contribution in [-0.4, -0.2) is 12.6 Å². The molecule has 0 amide bonds. The number of benzene rings is 1. The van der Waals surface area contributed by atoms with E-state index in [1.807, 2.05) is 0 Å². The first kappa shape index (κ1) is 10.9. The van der Waals surface area contributed by atoms with Gasteiger partial charge in [-0.25, -0.2) is 13.6 Å². The molecule has 14 heavy (non-hydrogen) atoms. The molecule has 0 unspecified atom stereocenters. The van der Waals surface area contributed by atoms with Crippen molar-refractivity contribution in [2.75, 3.05) is 6.61 Å². The Morgan fingerprint density at radius 1 is 1.43 bits per heavy atom. The van der Waals surface area contributed by atoms with Crippen molar-refractivity contribution in [3.8, 4) is 0 Å². The van der Waals surface area contributed by atoms with Crippen molar-refractivity contribution >= 4 is 17.6 Å². The lowest BCUT2D eigenvalue weighted by molar-refractivity contribution is 0.0520. The third kappa shape index (κ3) is 2.01. The van der Waals surface area contributed by atoms with Gasteiger partial charge in [-0.15, -0.1) is 0 Å². The molecule has 0 aliphatic heterocycles. The summed E-state index contributed by atoms with van der Waals surface area (Å²) < 4.78 is 30.4. The lowest BCUT2D eigenvalue weighted by Crippen LogP contribution is -2.08. The molecule has 0 saturated heterocycles. The number of esters is 1. The van der Waals surface area contributed by atoms with E-state index in [4.69, 9.17) is 11.6 Å². The lowest BCUT2D eigenvalue weighted by Gasteiger charge is -2.05. The number of halogens is 3. The summed E-state index contributed by atoms with van der Waals surface area (Å²) in [6.07, 6.45) is 0. The molecular weight excluding hydrogens is 214 g/mol. The maximum absolute atomic E-state index is 13.1. The number of hydrogen-bond acceptors (Lipinski definition) is 2. The van der Waals surface area contributed by atoms with E-state index in [0.29, 0.717) is 0 Å². The Labute approximate surface area is 84.4 Å². The molecule has 0 aliphatic carbocycles. The van der Waals surface area contributed by atoms with Gasteiger partial charge in [-0.1, -0.05) is 11.6 Å². The maximum atomic E-state index is 13.1. The monoisotopic (exact) mass is 220 g/mol. The van der Waals surface area contributed by atoms with Crippen LogP contribution in [-0.2, 0) is 4.74 Å². The number of rotatable bonds is 2. The van der Waals surface area contributed by atoms with Crippen LogP contribution in [0.25, 0.3) is 0 Å². The maximum Gasteiger partial charge on any atom is 0.342 e. The average molecular weight is 221 g/mol. The summed E-state index contributed by atoms with van der Waals surface area (Å²) in [5.74, 6) is -2.71. The van der Waals surface area contributed by atoms with Gasteiger partial charge in [-0.2, -0.15) is 0 Å². The minimum absolute atomic E-state index is 0.0745. The van der Waals surface area contributed by atoms with E-state index in [9.17, 15) is 13.6 Å². The van der Waals surface area contributed by atoms with Crippen molar-refractivity contribution in [3.05, 3.63) is 34.4 Å². The first-order valence-corrected chi connectivity index (χ1v) is 4.26. The Hall–Kier alpha value is -1.16. The molecular formula is C9H7ClF2O2. The fourth-order valence-electron chi connectivity index (χ4n) is 0.917. The van der Waals surface area contributed by atoms with Gasteiger partial charge in [0.2, 0.25) is 0 Å². The zero-order valence-electron chi connectivity index (χ0n) is 7.31. The van der Waals surface area contributed by atoms with E-state index in [1.54, 1.807) is 6.92 Å². The lowest BCUT2D eigenvalue weighted by atomic mass is 10.2. The standard InChI is InChI=1S/C9H7ClF2O2/c1-2-14-9(13)7-5(11)3-4-6(12)8(7)10/h3-4H,2H2,1H3. The molecule has 1 aromatic carbocycles. The predicted molar refractivity (Wildman–Crippen MR) is 47.3 cm³/mol. The van der Waals surface area contributed by atoms with Crippen LogP contribution >= 0.6 is 11.6 Å². The van der Waals surface area contributed by atoms with E-state index in [-0.39, 0.29) is 6.61 Å².